The highest BCUT2D eigenvalue weighted by Gasteiger charge is 2.08. The van der Waals surface area contributed by atoms with Crippen LogP contribution in [-0.2, 0) is 6.54 Å². The molecule has 0 aliphatic rings. The van der Waals surface area contributed by atoms with Gasteiger partial charge in [-0.25, -0.2) is 4.68 Å². The quantitative estimate of drug-likeness (QED) is 0.891. The molecule has 0 saturated carbocycles. The average molecular weight is 257 g/mol. The van der Waals surface area contributed by atoms with Crippen LogP contribution in [0.15, 0.2) is 30.5 Å². The average Bonchev–Trinajstić information content (AvgIpc) is 2.71. The molecule has 0 radical (unpaired) electrons. The third-order valence-corrected chi connectivity index (χ3v) is 3.23. The summed E-state index contributed by atoms with van der Waals surface area (Å²) in [5, 5.41) is 7.97. The Balaban J connectivity index is 2.14. The molecule has 1 aromatic carbocycles. The van der Waals surface area contributed by atoms with Crippen molar-refractivity contribution in [1.82, 2.24) is 15.1 Å². The normalized spacial score (nSPS) is 11.2. The van der Waals surface area contributed by atoms with Gasteiger partial charge in [-0.2, -0.15) is 5.10 Å². The number of benzene rings is 1. The van der Waals surface area contributed by atoms with Crippen LogP contribution < -0.4 is 5.32 Å². The Bertz CT molecular complexity index is 541. The van der Waals surface area contributed by atoms with Gasteiger partial charge in [-0.3, -0.25) is 0 Å². The van der Waals surface area contributed by atoms with Gasteiger partial charge in [0.1, 0.15) is 0 Å². The lowest BCUT2D eigenvalue weighted by Gasteiger charge is -2.08. The van der Waals surface area contributed by atoms with Crippen LogP contribution >= 0.6 is 0 Å². The lowest BCUT2D eigenvalue weighted by Crippen LogP contribution is -2.19. The SMILES string of the molecule is Cc1cccc(-n2ncc(CNCC(C)C)c2C)c1. The van der Waals surface area contributed by atoms with Crippen LogP contribution in [0.5, 0.6) is 0 Å². The fourth-order valence-electron chi connectivity index (χ4n) is 2.13. The van der Waals surface area contributed by atoms with Gasteiger partial charge >= 0.3 is 0 Å². The number of hydrogen-bond donors (Lipinski definition) is 1. The Hall–Kier alpha value is -1.61. The van der Waals surface area contributed by atoms with Gasteiger partial charge in [-0.05, 0) is 44.0 Å². The second-order valence-electron chi connectivity index (χ2n) is 5.53. The van der Waals surface area contributed by atoms with Crippen LogP contribution in [0.3, 0.4) is 0 Å². The fourth-order valence-corrected chi connectivity index (χ4v) is 2.13. The number of aryl methyl sites for hydroxylation is 1. The van der Waals surface area contributed by atoms with Gasteiger partial charge in [-0.1, -0.05) is 26.0 Å². The molecular formula is C16H23N3. The zero-order valence-corrected chi connectivity index (χ0v) is 12.3. The van der Waals surface area contributed by atoms with E-state index in [4.69, 9.17) is 0 Å². The van der Waals surface area contributed by atoms with E-state index in [0.29, 0.717) is 5.92 Å². The maximum absolute atomic E-state index is 4.50. The summed E-state index contributed by atoms with van der Waals surface area (Å²) in [4.78, 5) is 0. The predicted molar refractivity (Wildman–Crippen MR) is 79.6 cm³/mol. The van der Waals surface area contributed by atoms with Crippen molar-refractivity contribution in [3.63, 3.8) is 0 Å². The first kappa shape index (κ1) is 13.8. The molecule has 1 N–H and O–H groups in total. The van der Waals surface area contributed by atoms with Crippen LogP contribution in [0.4, 0.5) is 0 Å². The summed E-state index contributed by atoms with van der Waals surface area (Å²) in [6, 6.07) is 8.43. The van der Waals surface area contributed by atoms with Gasteiger partial charge in [0.05, 0.1) is 11.9 Å². The van der Waals surface area contributed by atoms with Gasteiger partial charge in [0.2, 0.25) is 0 Å². The summed E-state index contributed by atoms with van der Waals surface area (Å²) in [6.07, 6.45) is 1.96. The second-order valence-corrected chi connectivity index (χ2v) is 5.53. The van der Waals surface area contributed by atoms with Gasteiger partial charge in [-0.15, -0.1) is 0 Å². The molecule has 0 aliphatic carbocycles. The number of hydrogen-bond acceptors (Lipinski definition) is 2. The highest BCUT2D eigenvalue weighted by molar-refractivity contribution is 5.37. The number of aromatic nitrogens is 2. The van der Waals surface area contributed by atoms with E-state index in [1.54, 1.807) is 0 Å². The number of nitrogens with one attached hydrogen (secondary N) is 1. The molecule has 0 unspecified atom stereocenters. The molecule has 19 heavy (non-hydrogen) atoms. The first-order valence-electron chi connectivity index (χ1n) is 6.89. The third-order valence-electron chi connectivity index (χ3n) is 3.23. The molecule has 2 aromatic rings. The standard InChI is InChI=1S/C16H23N3/c1-12(2)9-17-10-15-11-18-19(14(15)4)16-7-5-6-13(3)8-16/h5-8,11-12,17H,9-10H2,1-4H3. The predicted octanol–water partition coefficient (Wildman–Crippen LogP) is 3.23. The van der Waals surface area contributed by atoms with Crippen LogP contribution in [-0.4, -0.2) is 16.3 Å². The molecule has 0 spiro atoms. The van der Waals surface area contributed by atoms with Crippen molar-refractivity contribution in [3.8, 4) is 5.69 Å². The van der Waals surface area contributed by atoms with Crippen molar-refractivity contribution in [3.05, 3.63) is 47.3 Å². The Kier molecular flexibility index (Phi) is 4.38. The van der Waals surface area contributed by atoms with E-state index in [1.165, 1.54) is 16.8 Å². The molecule has 0 aliphatic heterocycles. The van der Waals surface area contributed by atoms with E-state index in [2.05, 4.69) is 62.4 Å². The lowest BCUT2D eigenvalue weighted by molar-refractivity contribution is 0.551. The smallest absolute Gasteiger partial charge is 0.0651 e. The second kappa shape index (κ2) is 6.02. The highest BCUT2D eigenvalue weighted by atomic mass is 15.3. The molecule has 0 fully saturated rings. The van der Waals surface area contributed by atoms with E-state index in [1.807, 2.05) is 10.9 Å². The summed E-state index contributed by atoms with van der Waals surface area (Å²) in [5.41, 5.74) is 4.86. The van der Waals surface area contributed by atoms with Crippen molar-refractivity contribution < 1.29 is 0 Å². The van der Waals surface area contributed by atoms with Gasteiger partial charge in [0.25, 0.3) is 0 Å². The zero-order chi connectivity index (χ0) is 13.8. The minimum atomic E-state index is 0.673. The van der Waals surface area contributed by atoms with E-state index >= 15 is 0 Å². The van der Waals surface area contributed by atoms with Crippen molar-refractivity contribution >= 4 is 0 Å². The minimum absolute atomic E-state index is 0.673. The van der Waals surface area contributed by atoms with Gasteiger partial charge < -0.3 is 5.32 Å². The highest BCUT2D eigenvalue weighted by Crippen LogP contribution is 2.15. The zero-order valence-electron chi connectivity index (χ0n) is 12.3. The fraction of sp³-hybridized carbons (Fsp3) is 0.438. The topological polar surface area (TPSA) is 29.9 Å². The molecule has 3 heteroatoms. The summed E-state index contributed by atoms with van der Waals surface area (Å²) in [6.45, 7) is 10.6. The molecule has 0 atom stereocenters. The summed E-state index contributed by atoms with van der Waals surface area (Å²) < 4.78 is 2.01. The summed E-state index contributed by atoms with van der Waals surface area (Å²) in [5.74, 6) is 0.673. The van der Waals surface area contributed by atoms with Crippen molar-refractivity contribution in [2.75, 3.05) is 6.54 Å². The van der Waals surface area contributed by atoms with E-state index in [0.717, 1.165) is 18.8 Å². The maximum atomic E-state index is 4.50. The molecular weight excluding hydrogens is 234 g/mol. The molecule has 0 bridgehead atoms. The third kappa shape index (κ3) is 3.44. The monoisotopic (exact) mass is 257 g/mol. The minimum Gasteiger partial charge on any atom is -0.312 e. The van der Waals surface area contributed by atoms with Crippen LogP contribution in [0, 0.1) is 19.8 Å². The Morgan fingerprint density at radius 2 is 2.05 bits per heavy atom. The Morgan fingerprint density at radius 1 is 1.26 bits per heavy atom. The van der Waals surface area contributed by atoms with E-state index < -0.39 is 0 Å². The molecule has 102 valence electrons. The first-order chi connectivity index (χ1) is 9.08. The molecule has 1 heterocycles. The van der Waals surface area contributed by atoms with Crippen molar-refractivity contribution in [1.29, 1.82) is 0 Å². The van der Waals surface area contributed by atoms with E-state index in [9.17, 15) is 0 Å². The Labute approximate surface area is 115 Å². The largest absolute Gasteiger partial charge is 0.312 e. The molecule has 0 amide bonds. The van der Waals surface area contributed by atoms with Gasteiger partial charge in [0.15, 0.2) is 0 Å². The maximum Gasteiger partial charge on any atom is 0.0651 e. The lowest BCUT2D eigenvalue weighted by atomic mass is 10.2. The van der Waals surface area contributed by atoms with Crippen LogP contribution in [0.1, 0.15) is 30.7 Å². The summed E-state index contributed by atoms with van der Waals surface area (Å²) in [7, 11) is 0. The number of rotatable bonds is 5. The molecule has 3 nitrogen and oxygen atoms in total. The molecule has 0 saturated heterocycles. The van der Waals surface area contributed by atoms with Crippen molar-refractivity contribution in [2.45, 2.75) is 34.2 Å². The van der Waals surface area contributed by atoms with Crippen LogP contribution in [0.2, 0.25) is 0 Å². The molecule has 2 rings (SSSR count). The Morgan fingerprint density at radius 3 is 2.74 bits per heavy atom. The summed E-state index contributed by atoms with van der Waals surface area (Å²) >= 11 is 0. The first-order valence-corrected chi connectivity index (χ1v) is 6.89. The molecule has 1 aromatic heterocycles. The van der Waals surface area contributed by atoms with Gasteiger partial charge in [0, 0.05) is 17.8 Å². The van der Waals surface area contributed by atoms with Crippen molar-refractivity contribution in [2.24, 2.45) is 5.92 Å². The number of nitrogens with zero attached hydrogens (tertiary/aromatic N) is 2. The van der Waals surface area contributed by atoms with E-state index in [-0.39, 0.29) is 0 Å². The van der Waals surface area contributed by atoms with Crippen LogP contribution in [0.25, 0.3) is 5.69 Å².